The molecule has 0 radical (unpaired) electrons. The SMILES string of the molecule is CC(C)(C)NCCCc1nnc(C2CC3CCC2C3)s1. The summed E-state index contributed by atoms with van der Waals surface area (Å²) in [7, 11) is 0. The van der Waals surface area contributed by atoms with Crippen LogP contribution >= 0.6 is 11.3 Å². The van der Waals surface area contributed by atoms with Crippen molar-refractivity contribution in [3.8, 4) is 0 Å². The molecule has 4 heteroatoms. The highest BCUT2D eigenvalue weighted by molar-refractivity contribution is 7.11. The molecule has 0 saturated heterocycles. The molecule has 1 aromatic heterocycles. The van der Waals surface area contributed by atoms with E-state index < -0.39 is 0 Å². The predicted molar refractivity (Wildman–Crippen MR) is 84.2 cm³/mol. The second-order valence-corrected chi connectivity index (χ2v) is 8.69. The van der Waals surface area contributed by atoms with Crippen LogP contribution in [0.5, 0.6) is 0 Å². The molecule has 0 amide bonds. The number of aromatic nitrogens is 2. The van der Waals surface area contributed by atoms with Crippen LogP contribution in [0.25, 0.3) is 0 Å². The third kappa shape index (κ3) is 3.40. The van der Waals surface area contributed by atoms with Gasteiger partial charge in [0.2, 0.25) is 0 Å². The summed E-state index contributed by atoms with van der Waals surface area (Å²) in [6.45, 7) is 7.70. The first-order chi connectivity index (χ1) is 9.51. The zero-order valence-electron chi connectivity index (χ0n) is 13.0. The normalized spacial score (nSPS) is 29.2. The summed E-state index contributed by atoms with van der Waals surface area (Å²) in [5.41, 5.74) is 0.218. The first kappa shape index (κ1) is 14.5. The minimum absolute atomic E-state index is 0.218. The molecule has 20 heavy (non-hydrogen) atoms. The molecule has 1 heterocycles. The summed E-state index contributed by atoms with van der Waals surface area (Å²) in [4.78, 5) is 0. The van der Waals surface area contributed by atoms with E-state index in [9.17, 15) is 0 Å². The van der Waals surface area contributed by atoms with E-state index in [1.54, 1.807) is 0 Å². The summed E-state index contributed by atoms with van der Waals surface area (Å²) in [5, 5.41) is 15.0. The van der Waals surface area contributed by atoms with Gasteiger partial charge in [0, 0.05) is 17.9 Å². The maximum atomic E-state index is 4.49. The molecule has 1 aromatic rings. The van der Waals surface area contributed by atoms with Gasteiger partial charge >= 0.3 is 0 Å². The van der Waals surface area contributed by atoms with Crippen LogP contribution in [-0.2, 0) is 6.42 Å². The van der Waals surface area contributed by atoms with E-state index >= 15 is 0 Å². The van der Waals surface area contributed by atoms with Gasteiger partial charge in [-0.25, -0.2) is 0 Å². The molecule has 0 spiro atoms. The smallest absolute Gasteiger partial charge is 0.120 e. The highest BCUT2D eigenvalue weighted by atomic mass is 32.1. The summed E-state index contributed by atoms with van der Waals surface area (Å²) in [5.74, 6) is 2.66. The minimum Gasteiger partial charge on any atom is -0.312 e. The van der Waals surface area contributed by atoms with E-state index in [4.69, 9.17) is 0 Å². The number of rotatable bonds is 5. The Labute approximate surface area is 126 Å². The molecule has 0 aliphatic heterocycles. The Kier molecular flexibility index (Phi) is 4.14. The summed E-state index contributed by atoms with van der Waals surface area (Å²) >= 11 is 1.88. The number of fused-ring (bicyclic) bond motifs is 2. The first-order valence-electron chi connectivity index (χ1n) is 8.08. The topological polar surface area (TPSA) is 37.8 Å². The van der Waals surface area contributed by atoms with Gasteiger partial charge in [-0.15, -0.1) is 21.5 Å². The van der Waals surface area contributed by atoms with Crippen LogP contribution < -0.4 is 5.32 Å². The van der Waals surface area contributed by atoms with Gasteiger partial charge in [0.25, 0.3) is 0 Å². The van der Waals surface area contributed by atoms with Crippen molar-refractivity contribution in [2.75, 3.05) is 6.54 Å². The fraction of sp³-hybridized carbons (Fsp3) is 0.875. The molecular weight excluding hydrogens is 266 g/mol. The van der Waals surface area contributed by atoms with Crippen molar-refractivity contribution in [3.05, 3.63) is 10.0 Å². The molecule has 1 N–H and O–H groups in total. The van der Waals surface area contributed by atoms with Gasteiger partial charge in [-0.2, -0.15) is 0 Å². The molecule has 2 bridgehead atoms. The minimum atomic E-state index is 0.218. The molecule has 0 aromatic carbocycles. The number of hydrogen-bond donors (Lipinski definition) is 1. The third-order valence-electron chi connectivity index (χ3n) is 4.76. The van der Waals surface area contributed by atoms with Crippen LogP contribution in [0.2, 0.25) is 0 Å². The number of nitrogens with one attached hydrogen (secondary N) is 1. The van der Waals surface area contributed by atoms with Gasteiger partial charge in [0.1, 0.15) is 10.0 Å². The highest BCUT2D eigenvalue weighted by Gasteiger charge is 2.41. The second-order valence-electron chi connectivity index (χ2n) is 7.60. The lowest BCUT2D eigenvalue weighted by Gasteiger charge is -2.20. The molecule has 3 atom stereocenters. The molecule has 3 nitrogen and oxygen atoms in total. The van der Waals surface area contributed by atoms with Gasteiger partial charge in [-0.3, -0.25) is 0 Å². The number of hydrogen-bond acceptors (Lipinski definition) is 4. The van der Waals surface area contributed by atoms with Gasteiger partial charge < -0.3 is 5.32 Å². The first-order valence-corrected chi connectivity index (χ1v) is 8.90. The molecule has 2 aliphatic rings. The van der Waals surface area contributed by atoms with Gasteiger partial charge in [-0.05, 0) is 64.8 Å². The Hall–Kier alpha value is -0.480. The fourth-order valence-corrected chi connectivity index (χ4v) is 4.86. The third-order valence-corrected chi connectivity index (χ3v) is 5.88. The van der Waals surface area contributed by atoms with Crippen LogP contribution in [-0.4, -0.2) is 22.3 Å². The van der Waals surface area contributed by atoms with E-state index in [-0.39, 0.29) is 5.54 Å². The largest absolute Gasteiger partial charge is 0.312 e. The molecular formula is C16H27N3S. The standard InChI is InChI=1S/C16H27N3S/c1-16(2,3)17-8-4-5-14-18-19-15(20-14)13-10-11-6-7-12(13)9-11/h11-13,17H,4-10H2,1-3H3. The van der Waals surface area contributed by atoms with Crippen LogP contribution in [0.3, 0.4) is 0 Å². The molecule has 2 fully saturated rings. The van der Waals surface area contributed by atoms with Crippen molar-refractivity contribution in [3.63, 3.8) is 0 Å². The lowest BCUT2D eigenvalue weighted by atomic mass is 9.89. The van der Waals surface area contributed by atoms with E-state index in [0.29, 0.717) is 0 Å². The summed E-state index contributed by atoms with van der Waals surface area (Å²) in [6, 6.07) is 0. The molecule has 2 aliphatic carbocycles. The van der Waals surface area contributed by atoms with Crippen LogP contribution in [0, 0.1) is 11.8 Å². The van der Waals surface area contributed by atoms with Crippen molar-refractivity contribution in [1.29, 1.82) is 0 Å². The number of aryl methyl sites for hydroxylation is 1. The average Bonchev–Trinajstić information content (AvgIpc) is 3.08. The number of nitrogens with zero attached hydrogens (tertiary/aromatic N) is 2. The zero-order valence-corrected chi connectivity index (χ0v) is 13.8. The molecule has 3 rings (SSSR count). The van der Waals surface area contributed by atoms with Crippen LogP contribution in [0.1, 0.15) is 68.8 Å². The monoisotopic (exact) mass is 293 g/mol. The van der Waals surface area contributed by atoms with Crippen LogP contribution in [0.15, 0.2) is 0 Å². The quantitative estimate of drug-likeness (QED) is 0.840. The Balaban J connectivity index is 1.48. The van der Waals surface area contributed by atoms with E-state index in [0.717, 1.165) is 37.1 Å². The highest BCUT2D eigenvalue weighted by Crippen LogP contribution is 2.53. The lowest BCUT2D eigenvalue weighted by Crippen LogP contribution is -2.36. The van der Waals surface area contributed by atoms with Crippen LogP contribution in [0.4, 0.5) is 0 Å². The fourth-order valence-electron chi connectivity index (χ4n) is 3.77. The van der Waals surface area contributed by atoms with Gasteiger partial charge in [0.05, 0.1) is 0 Å². The van der Waals surface area contributed by atoms with Crippen molar-refractivity contribution >= 4 is 11.3 Å². The van der Waals surface area contributed by atoms with Crippen molar-refractivity contribution in [2.24, 2.45) is 11.8 Å². The Morgan fingerprint density at radius 1 is 1.20 bits per heavy atom. The maximum absolute atomic E-state index is 4.49. The molecule has 112 valence electrons. The van der Waals surface area contributed by atoms with Crippen molar-refractivity contribution < 1.29 is 0 Å². The van der Waals surface area contributed by atoms with E-state index in [1.807, 2.05) is 11.3 Å². The second kappa shape index (κ2) is 5.72. The lowest BCUT2D eigenvalue weighted by molar-refractivity contribution is 0.417. The Bertz CT molecular complexity index is 449. The predicted octanol–water partition coefficient (Wildman–Crippen LogP) is 3.76. The van der Waals surface area contributed by atoms with E-state index in [1.165, 1.54) is 35.7 Å². The summed E-state index contributed by atoms with van der Waals surface area (Å²) in [6.07, 6.45) is 7.95. The molecule has 2 saturated carbocycles. The zero-order chi connectivity index (χ0) is 14.2. The van der Waals surface area contributed by atoms with Crippen molar-refractivity contribution in [2.45, 2.75) is 70.8 Å². The summed E-state index contributed by atoms with van der Waals surface area (Å²) < 4.78 is 0. The van der Waals surface area contributed by atoms with Gasteiger partial charge in [0.15, 0.2) is 0 Å². The Morgan fingerprint density at radius 3 is 2.70 bits per heavy atom. The molecule has 3 unspecified atom stereocenters. The van der Waals surface area contributed by atoms with E-state index in [2.05, 4.69) is 36.3 Å². The maximum Gasteiger partial charge on any atom is 0.120 e. The van der Waals surface area contributed by atoms with Crippen molar-refractivity contribution in [1.82, 2.24) is 15.5 Å². The average molecular weight is 293 g/mol. The van der Waals surface area contributed by atoms with Gasteiger partial charge in [-0.1, -0.05) is 6.42 Å². The Morgan fingerprint density at radius 2 is 2.05 bits per heavy atom.